The minimum atomic E-state index is -0.967. The van der Waals surface area contributed by atoms with Gasteiger partial charge in [0.1, 0.15) is 5.75 Å². The fraction of sp³-hybridized carbons (Fsp3) is 0.657. The second-order valence-electron chi connectivity index (χ2n) is 12.7. The molecule has 0 saturated heterocycles. The standard InChI is InChI=1S/C35H48F2O3/c1-3-5-24-6-8-25(9-7-24)22-39-31-16-14-27(15-17-31)29-13-12-28-20-26(10-11-30(28)21-29)23-40-33-19-18-32(38-4-2)34(36)35(33)37/h14-19,24-26,28-30H,3-13,20-23H2,1-2H3. The van der Waals surface area contributed by atoms with E-state index in [9.17, 15) is 8.78 Å². The zero-order valence-corrected chi connectivity index (χ0v) is 24.5. The summed E-state index contributed by atoms with van der Waals surface area (Å²) in [6, 6.07) is 11.9. The van der Waals surface area contributed by atoms with Crippen molar-refractivity contribution in [2.75, 3.05) is 19.8 Å². The molecule has 4 unspecified atom stereocenters. The van der Waals surface area contributed by atoms with Gasteiger partial charge in [-0.3, -0.25) is 0 Å². The first-order chi connectivity index (χ1) is 19.5. The number of fused-ring (bicyclic) bond motifs is 1. The molecule has 3 aliphatic rings. The van der Waals surface area contributed by atoms with Crippen LogP contribution in [0.2, 0.25) is 0 Å². The fourth-order valence-corrected chi connectivity index (χ4v) is 7.69. The van der Waals surface area contributed by atoms with Gasteiger partial charge in [0.25, 0.3) is 0 Å². The summed E-state index contributed by atoms with van der Waals surface area (Å²) in [7, 11) is 0. The molecule has 0 amide bonds. The predicted molar refractivity (Wildman–Crippen MR) is 156 cm³/mol. The number of rotatable bonds is 11. The lowest BCUT2D eigenvalue weighted by molar-refractivity contribution is 0.0901. The van der Waals surface area contributed by atoms with Crippen LogP contribution >= 0.6 is 0 Å². The highest BCUT2D eigenvalue weighted by molar-refractivity contribution is 5.35. The number of hydrogen-bond donors (Lipinski definition) is 0. The largest absolute Gasteiger partial charge is 0.493 e. The average molecular weight is 555 g/mol. The van der Waals surface area contributed by atoms with Gasteiger partial charge in [0.2, 0.25) is 11.6 Å². The Bertz CT molecular complexity index is 1060. The van der Waals surface area contributed by atoms with Gasteiger partial charge in [-0.15, -0.1) is 0 Å². The van der Waals surface area contributed by atoms with Gasteiger partial charge in [-0.25, -0.2) is 0 Å². The summed E-state index contributed by atoms with van der Waals surface area (Å²) < 4.78 is 45.7. The molecule has 4 atom stereocenters. The van der Waals surface area contributed by atoms with Crippen molar-refractivity contribution < 1.29 is 23.0 Å². The van der Waals surface area contributed by atoms with Crippen LogP contribution < -0.4 is 14.2 Å². The lowest BCUT2D eigenvalue weighted by Crippen LogP contribution is -2.32. The SMILES string of the molecule is CCCC1CCC(COc2ccc(C3CCC4CC(COc5ccc(OCC)c(F)c5F)CCC4C3)cc2)CC1. The van der Waals surface area contributed by atoms with Crippen molar-refractivity contribution in [3.8, 4) is 17.2 Å². The van der Waals surface area contributed by atoms with E-state index in [4.69, 9.17) is 14.2 Å². The highest BCUT2D eigenvalue weighted by Crippen LogP contribution is 2.48. The van der Waals surface area contributed by atoms with Gasteiger partial charge in [0.15, 0.2) is 11.5 Å². The highest BCUT2D eigenvalue weighted by atomic mass is 19.2. The summed E-state index contributed by atoms with van der Waals surface area (Å²) >= 11 is 0. The Morgan fingerprint density at radius 1 is 0.625 bits per heavy atom. The van der Waals surface area contributed by atoms with Gasteiger partial charge >= 0.3 is 0 Å². The molecule has 3 fully saturated rings. The molecule has 0 aromatic heterocycles. The van der Waals surface area contributed by atoms with Gasteiger partial charge < -0.3 is 14.2 Å². The summed E-state index contributed by atoms with van der Waals surface area (Å²) in [6.07, 6.45) is 15.2. The second-order valence-corrected chi connectivity index (χ2v) is 12.7. The molecule has 0 spiro atoms. The fourth-order valence-electron chi connectivity index (χ4n) is 7.69. The van der Waals surface area contributed by atoms with Gasteiger partial charge in [-0.1, -0.05) is 44.7 Å². The zero-order valence-electron chi connectivity index (χ0n) is 24.5. The summed E-state index contributed by atoms with van der Waals surface area (Å²) in [6.45, 7) is 5.64. The van der Waals surface area contributed by atoms with Crippen LogP contribution in [0, 0.1) is 41.2 Å². The lowest BCUT2D eigenvalue weighted by Gasteiger charge is -2.42. The third-order valence-corrected chi connectivity index (χ3v) is 10.0. The normalized spacial score (nSPS) is 28.5. The van der Waals surface area contributed by atoms with Crippen LogP contribution in [-0.4, -0.2) is 19.8 Å². The molecule has 220 valence electrons. The molecule has 0 bridgehead atoms. The van der Waals surface area contributed by atoms with Gasteiger partial charge in [0, 0.05) is 0 Å². The van der Waals surface area contributed by atoms with E-state index in [-0.39, 0.29) is 11.5 Å². The van der Waals surface area contributed by atoms with Crippen LogP contribution in [0.15, 0.2) is 36.4 Å². The van der Waals surface area contributed by atoms with Crippen LogP contribution in [0.25, 0.3) is 0 Å². The molecule has 0 aliphatic heterocycles. The number of hydrogen-bond acceptors (Lipinski definition) is 3. The van der Waals surface area contributed by atoms with Crippen molar-refractivity contribution in [2.45, 2.75) is 96.8 Å². The maximum absolute atomic E-state index is 14.4. The van der Waals surface area contributed by atoms with Crippen LogP contribution in [0.3, 0.4) is 0 Å². The van der Waals surface area contributed by atoms with Gasteiger partial charge in [-0.05, 0) is 124 Å². The average Bonchev–Trinajstić information content (AvgIpc) is 2.99. The first kappa shape index (κ1) is 29.2. The zero-order chi connectivity index (χ0) is 27.9. The predicted octanol–water partition coefficient (Wildman–Crippen LogP) is 9.73. The van der Waals surface area contributed by atoms with E-state index in [2.05, 4.69) is 31.2 Å². The van der Waals surface area contributed by atoms with E-state index in [1.54, 1.807) is 6.92 Å². The first-order valence-electron chi connectivity index (χ1n) is 16.0. The highest BCUT2D eigenvalue weighted by Gasteiger charge is 2.36. The van der Waals surface area contributed by atoms with E-state index in [1.807, 2.05) is 0 Å². The van der Waals surface area contributed by atoms with Crippen molar-refractivity contribution in [1.29, 1.82) is 0 Å². The Balaban J connectivity index is 1.05. The van der Waals surface area contributed by atoms with Crippen LogP contribution in [0.1, 0.15) is 102 Å². The summed E-state index contributed by atoms with van der Waals surface area (Å²) in [4.78, 5) is 0. The van der Waals surface area contributed by atoms with Gasteiger partial charge in [-0.2, -0.15) is 8.78 Å². The second kappa shape index (κ2) is 14.0. The van der Waals surface area contributed by atoms with E-state index in [0.29, 0.717) is 36.9 Å². The van der Waals surface area contributed by atoms with E-state index < -0.39 is 11.6 Å². The number of halogens is 2. The minimum Gasteiger partial charge on any atom is -0.493 e. The maximum atomic E-state index is 14.4. The first-order valence-corrected chi connectivity index (χ1v) is 16.0. The van der Waals surface area contributed by atoms with Crippen LogP contribution in [0.4, 0.5) is 8.78 Å². The molecule has 2 aromatic rings. The molecule has 0 N–H and O–H groups in total. The smallest absolute Gasteiger partial charge is 0.204 e. The summed E-state index contributed by atoms with van der Waals surface area (Å²) in [5.74, 6) is 3.13. The molecule has 2 aromatic carbocycles. The molecule has 5 rings (SSSR count). The number of benzene rings is 2. The van der Waals surface area contributed by atoms with Crippen molar-refractivity contribution in [3.63, 3.8) is 0 Å². The lowest BCUT2D eigenvalue weighted by atomic mass is 9.64. The van der Waals surface area contributed by atoms with Crippen molar-refractivity contribution in [1.82, 2.24) is 0 Å². The third kappa shape index (κ3) is 7.31. The Morgan fingerprint density at radius 2 is 1.23 bits per heavy atom. The van der Waals surface area contributed by atoms with Gasteiger partial charge in [0.05, 0.1) is 19.8 Å². The molecule has 3 nitrogen and oxygen atoms in total. The molecular weight excluding hydrogens is 506 g/mol. The summed E-state index contributed by atoms with van der Waals surface area (Å²) in [5.41, 5.74) is 1.45. The monoisotopic (exact) mass is 554 g/mol. The van der Waals surface area contributed by atoms with E-state index in [1.165, 1.54) is 81.9 Å². The molecule has 0 heterocycles. The van der Waals surface area contributed by atoms with E-state index >= 15 is 0 Å². The quantitative estimate of drug-likeness (QED) is 0.277. The Hall–Kier alpha value is -2.30. The molecule has 40 heavy (non-hydrogen) atoms. The Labute approximate surface area is 240 Å². The molecule has 3 saturated carbocycles. The van der Waals surface area contributed by atoms with Crippen molar-refractivity contribution >= 4 is 0 Å². The molecule has 3 aliphatic carbocycles. The Morgan fingerprint density at radius 3 is 1.93 bits per heavy atom. The van der Waals surface area contributed by atoms with Crippen molar-refractivity contribution in [3.05, 3.63) is 53.6 Å². The maximum Gasteiger partial charge on any atom is 0.204 e. The topological polar surface area (TPSA) is 27.7 Å². The summed E-state index contributed by atoms with van der Waals surface area (Å²) in [5, 5.41) is 0. The van der Waals surface area contributed by atoms with E-state index in [0.717, 1.165) is 37.0 Å². The van der Waals surface area contributed by atoms with Crippen molar-refractivity contribution in [2.24, 2.45) is 29.6 Å². The van der Waals surface area contributed by atoms with Crippen LogP contribution in [0.5, 0.6) is 17.2 Å². The number of ether oxygens (including phenoxy) is 3. The van der Waals surface area contributed by atoms with Crippen LogP contribution in [-0.2, 0) is 0 Å². The third-order valence-electron chi connectivity index (χ3n) is 10.0. The molecular formula is C35H48F2O3. The molecule has 0 radical (unpaired) electrons. The molecule has 5 heteroatoms. The Kier molecular flexibility index (Phi) is 10.3. The minimum absolute atomic E-state index is 0.0152.